The summed E-state index contributed by atoms with van der Waals surface area (Å²) >= 11 is 1.69. The van der Waals surface area contributed by atoms with E-state index in [0.717, 1.165) is 42.5 Å². The fraction of sp³-hybridized carbons (Fsp3) is 0.533. The Kier molecular flexibility index (Phi) is 3.81. The van der Waals surface area contributed by atoms with Crippen molar-refractivity contribution in [3.63, 3.8) is 0 Å². The van der Waals surface area contributed by atoms with Crippen LogP contribution in [0, 0.1) is 6.92 Å². The lowest BCUT2D eigenvalue weighted by Crippen LogP contribution is -2.27. The summed E-state index contributed by atoms with van der Waals surface area (Å²) in [6, 6.07) is 0. The van der Waals surface area contributed by atoms with Crippen LogP contribution in [0.2, 0.25) is 0 Å². The molecule has 2 aromatic heterocycles. The van der Waals surface area contributed by atoms with Crippen molar-refractivity contribution in [3.8, 4) is 0 Å². The molecule has 0 aromatic carbocycles. The zero-order chi connectivity index (χ0) is 14.1. The highest BCUT2D eigenvalue weighted by atomic mass is 32.1. The summed E-state index contributed by atoms with van der Waals surface area (Å²) in [5.74, 6) is 1.35. The van der Waals surface area contributed by atoms with Gasteiger partial charge in [0, 0.05) is 30.5 Å². The molecule has 20 heavy (non-hydrogen) atoms. The van der Waals surface area contributed by atoms with Crippen LogP contribution in [0.3, 0.4) is 0 Å². The predicted octanol–water partition coefficient (Wildman–Crippen LogP) is 2.60. The Morgan fingerprint density at radius 1 is 1.30 bits per heavy atom. The predicted molar refractivity (Wildman–Crippen MR) is 81.2 cm³/mol. The van der Waals surface area contributed by atoms with Crippen LogP contribution in [0.25, 0.3) is 0 Å². The van der Waals surface area contributed by atoms with Gasteiger partial charge in [-0.05, 0) is 12.8 Å². The Morgan fingerprint density at radius 3 is 2.85 bits per heavy atom. The Bertz CT molecular complexity index is 618. The molecule has 106 valence electrons. The lowest BCUT2D eigenvalue weighted by atomic mass is 9.98. The summed E-state index contributed by atoms with van der Waals surface area (Å²) in [6.45, 7) is 8.35. The minimum absolute atomic E-state index is 0.433. The van der Waals surface area contributed by atoms with Gasteiger partial charge < -0.3 is 5.32 Å². The number of nitrogens with one attached hydrogen (secondary N) is 1. The lowest BCUT2D eigenvalue weighted by Gasteiger charge is -2.21. The van der Waals surface area contributed by atoms with Gasteiger partial charge in [-0.1, -0.05) is 13.8 Å². The number of fused-ring (bicyclic) bond motifs is 1. The van der Waals surface area contributed by atoms with Crippen LogP contribution in [0.4, 0.5) is 0 Å². The van der Waals surface area contributed by atoms with Crippen molar-refractivity contribution < 1.29 is 0 Å². The minimum Gasteiger partial charge on any atom is -0.312 e. The number of thiazole rings is 1. The Morgan fingerprint density at radius 2 is 2.15 bits per heavy atom. The highest BCUT2D eigenvalue weighted by Gasteiger charge is 2.19. The Labute approximate surface area is 123 Å². The van der Waals surface area contributed by atoms with Crippen molar-refractivity contribution in [1.82, 2.24) is 20.3 Å². The molecule has 2 aromatic rings. The zero-order valence-corrected chi connectivity index (χ0v) is 13.0. The van der Waals surface area contributed by atoms with Gasteiger partial charge >= 0.3 is 0 Å². The van der Waals surface area contributed by atoms with E-state index < -0.39 is 0 Å². The zero-order valence-electron chi connectivity index (χ0n) is 12.2. The molecular weight excluding hydrogens is 268 g/mol. The third kappa shape index (κ3) is 2.74. The molecule has 0 radical (unpaired) electrons. The number of hydrogen-bond acceptors (Lipinski definition) is 5. The molecule has 1 aliphatic heterocycles. The van der Waals surface area contributed by atoms with Crippen molar-refractivity contribution in [1.29, 1.82) is 0 Å². The van der Waals surface area contributed by atoms with E-state index >= 15 is 0 Å². The summed E-state index contributed by atoms with van der Waals surface area (Å²) in [5.41, 5.74) is 4.81. The molecule has 1 aliphatic rings. The summed E-state index contributed by atoms with van der Waals surface area (Å²) in [5, 5.41) is 6.63. The third-order valence-corrected chi connectivity index (χ3v) is 4.39. The molecule has 0 atom stereocenters. The maximum Gasteiger partial charge on any atom is 0.134 e. The SMILES string of the molecule is Cc1nc(Cc2nc3c(c(C(C)C)n2)CNCC3)cs1. The number of hydrogen-bond donors (Lipinski definition) is 1. The van der Waals surface area contributed by atoms with E-state index in [9.17, 15) is 0 Å². The van der Waals surface area contributed by atoms with Crippen molar-refractivity contribution in [2.45, 2.75) is 46.1 Å². The maximum atomic E-state index is 4.80. The topological polar surface area (TPSA) is 50.7 Å². The molecule has 4 nitrogen and oxygen atoms in total. The first kappa shape index (κ1) is 13.6. The molecule has 0 bridgehead atoms. The molecule has 0 aliphatic carbocycles. The van der Waals surface area contributed by atoms with Crippen LogP contribution in [0.1, 0.15) is 53.2 Å². The molecule has 0 saturated heterocycles. The van der Waals surface area contributed by atoms with Crippen LogP contribution >= 0.6 is 11.3 Å². The standard InChI is InChI=1S/C15H20N4S/c1-9(2)15-12-7-16-5-4-13(12)18-14(19-15)6-11-8-20-10(3)17-11/h8-9,16H,4-7H2,1-3H3. The molecule has 1 N–H and O–H groups in total. The van der Waals surface area contributed by atoms with Gasteiger partial charge in [-0.15, -0.1) is 11.3 Å². The highest BCUT2D eigenvalue weighted by molar-refractivity contribution is 7.09. The van der Waals surface area contributed by atoms with Crippen LogP contribution in [0.5, 0.6) is 0 Å². The smallest absolute Gasteiger partial charge is 0.134 e. The van der Waals surface area contributed by atoms with E-state index in [2.05, 4.69) is 29.5 Å². The molecule has 3 heterocycles. The Hall–Kier alpha value is -1.33. The number of aryl methyl sites for hydroxylation is 1. The fourth-order valence-electron chi connectivity index (χ4n) is 2.63. The molecule has 0 fully saturated rings. The van der Waals surface area contributed by atoms with E-state index in [1.807, 2.05) is 6.92 Å². The van der Waals surface area contributed by atoms with Crippen LogP contribution in [-0.4, -0.2) is 21.5 Å². The van der Waals surface area contributed by atoms with Gasteiger partial charge in [0.1, 0.15) is 5.82 Å². The van der Waals surface area contributed by atoms with Gasteiger partial charge in [-0.2, -0.15) is 0 Å². The number of nitrogens with zero attached hydrogens (tertiary/aromatic N) is 3. The highest BCUT2D eigenvalue weighted by Crippen LogP contribution is 2.23. The van der Waals surface area contributed by atoms with Gasteiger partial charge in [0.15, 0.2) is 0 Å². The quantitative estimate of drug-likeness (QED) is 0.943. The number of aromatic nitrogens is 3. The van der Waals surface area contributed by atoms with Gasteiger partial charge in [-0.25, -0.2) is 15.0 Å². The Balaban J connectivity index is 1.97. The molecule has 0 unspecified atom stereocenters. The normalized spacial score (nSPS) is 14.6. The molecule has 0 amide bonds. The van der Waals surface area contributed by atoms with Crippen molar-refractivity contribution in [2.75, 3.05) is 6.54 Å². The second-order valence-electron chi connectivity index (χ2n) is 5.57. The van der Waals surface area contributed by atoms with Crippen molar-refractivity contribution in [3.05, 3.63) is 38.9 Å². The first-order valence-electron chi connectivity index (χ1n) is 7.13. The van der Waals surface area contributed by atoms with Crippen LogP contribution < -0.4 is 5.32 Å². The van der Waals surface area contributed by atoms with E-state index in [-0.39, 0.29) is 0 Å². The number of rotatable bonds is 3. The van der Waals surface area contributed by atoms with E-state index in [1.54, 1.807) is 11.3 Å². The monoisotopic (exact) mass is 288 g/mol. The van der Waals surface area contributed by atoms with Crippen molar-refractivity contribution in [2.24, 2.45) is 0 Å². The fourth-order valence-corrected chi connectivity index (χ4v) is 3.24. The first-order valence-corrected chi connectivity index (χ1v) is 8.01. The molecule has 0 saturated carbocycles. The average molecular weight is 288 g/mol. The first-order chi connectivity index (χ1) is 9.63. The van der Waals surface area contributed by atoms with E-state index in [1.165, 1.54) is 17.0 Å². The van der Waals surface area contributed by atoms with E-state index in [4.69, 9.17) is 9.97 Å². The van der Waals surface area contributed by atoms with Gasteiger partial charge in [0.25, 0.3) is 0 Å². The summed E-state index contributed by atoms with van der Waals surface area (Å²) in [4.78, 5) is 14.1. The van der Waals surface area contributed by atoms with Gasteiger partial charge in [0.2, 0.25) is 0 Å². The summed E-state index contributed by atoms with van der Waals surface area (Å²) < 4.78 is 0. The second kappa shape index (κ2) is 5.58. The second-order valence-corrected chi connectivity index (χ2v) is 6.63. The summed E-state index contributed by atoms with van der Waals surface area (Å²) in [6.07, 6.45) is 1.74. The maximum absolute atomic E-state index is 4.80. The molecular formula is C15H20N4S. The average Bonchev–Trinajstić information content (AvgIpc) is 2.83. The van der Waals surface area contributed by atoms with Crippen LogP contribution in [0.15, 0.2) is 5.38 Å². The molecule has 3 rings (SSSR count). The van der Waals surface area contributed by atoms with Crippen LogP contribution in [-0.2, 0) is 19.4 Å². The minimum atomic E-state index is 0.433. The van der Waals surface area contributed by atoms with Crippen molar-refractivity contribution >= 4 is 11.3 Å². The van der Waals surface area contributed by atoms with Gasteiger partial charge in [-0.3, -0.25) is 0 Å². The third-order valence-electron chi connectivity index (χ3n) is 3.56. The van der Waals surface area contributed by atoms with E-state index in [0.29, 0.717) is 5.92 Å². The molecule has 5 heteroatoms. The molecule has 0 spiro atoms. The largest absolute Gasteiger partial charge is 0.312 e. The lowest BCUT2D eigenvalue weighted by molar-refractivity contribution is 0.601. The van der Waals surface area contributed by atoms with Gasteiger partial charge in [0.05, 0.1) is 28.5 Å². The summed E-state index contributed by atoms with van der Waals surface area (Å²) in [7, 11) is 0.